The summed E-state index contributed by atoms with van der Waals surface area (Å²) in [6.07, 6.45) is 7.35. The number of sulfonamides is 1. The van der Waals surface area contributed by atoms with E-state index in [1.54, 1.807) is 55.6 Å². The van der Waals surface area contributed by atoms with Gasteiger partial charge in [-0.05, 0) is 187 Å². The lowest BCUT2D eigenvalue weighted by atomic mass is 9.94. The zero-order valence-electron chi connectivity index (χ0n) is 77.5. The van der Waals surface area contributed by atoms with Gasteiger partial charge in [0.05, 0.1) is 46.7 Å². The number of halogens is 6. The third kappa shape index (κ3) is 22.8. The van der Waals surface area contributed by atoms with Crippen LogP contribution in [0.25, 0.3) is 124 Å². The summed E-state index contributed by atoms with van der Waals surface area (Å²) in [7, 11) is -3.88. The molecule has 0 unspecified atom stereocenters. The van der Waals surface area contributed by atoms with Gasteiger partial charge in [0.25, 0.3) is 10.0 Å². The summed E-state index contributed by atoms with van der Waals surface area (Å²) in [5.74, 6) is 3.97. The molecule has 0 aliphatic rings. The molecule has 698 valence electrons. The van der Waals surface area contributed by atoms with Crippen LogP contribution in [0.15, 0.2) is 362 Å². The fraction of sp³-hybridized carbons (Fsp3) is 0.114. The highest BCUT2D eigenvalue weighted by Gasteiger charge is 2.31. The van der Waals surface area contributed by atoms with E-state index in [-0.39, 0.29) is 23.0 Å². The number of anilines is 2. The number of aromatic nitrogens is 7. The maximum atomic E-state index is 13.9. The molecule has 18 nitrogen and oxygen atoms in total. The van der Waals surface area contributed by atoms with E-state index in [1.807, 2.05) is 279 Å². The zero-order valence-corrected chi connectivity index (χ0v) is 82.1. The van der Waals surface area contributed by atoms with Crippen molar-refractivity contribution in [3.05, 3.63) is 437 Å². The normalized spacial score (nSPS) is 11.0. The van der Waals surface area contributed by atoms with Crippen LogP contribution in [-0.2, 0) is 29.8 Å². The smallest absolute Gasteiger partial charge is 0.262 e. The highest BCUT2D eigenvalue weighted by atomic mass is 35.5. The lowest BCUT2D eigenvalue weighted by Gasteiger charge is -2.12. The van der Waals surface area contributed by atoms with Crippen LogP contribution < -0.4 is 19.5 Å². The van der Waals surface area contributed by atoms with E-state index in [1.165, 1.54) is 28.3 Å². The predicted octanol–water partition coefficient (Wildman–Crippen LogP) is 32.4. The molecule has 0 radical (unpaired) electrons. The van der Waals surface area contributed by atoms with Gasteiger partial charge in [-0.15, -0.1) is 0 Å². The summed E-state index contributed by atoms with van der Waals surface area (Å²) in [6, 6.07) is 98.0. The van der Waals surface area contributed by atoms with E-state index in [0.717, 1.165) is 129 Å². The summed E-state index contributed by atoms with van der Waals surface area (Å²) in [6.45, 7) is 20.9. The number of aromatic amines is 2. The van der Waals surface area contributed by atoms with E-state index >= 15 is 0 Å². The Kier molecular flexibility index (Phi) is 31.0. The Morgan fingerprint density at radius 1 is 0.317 bits per heavy atom. The van der Waals surface area contributed by atoms with Crippen LogP contribution in [0.4, 0.5) is 15.8 Å². The Morgan fingerprint density at radius 2 is 0.662 bits per heavy atom. The van der Waals surface area contributed by atoms with Crippen molar-refractivity contribution in [3.63, 3.8) is 0 Å². The van der Waals surface area contributed by atoms with Gasteiger partial charge in [-0.3, -0.25) is 4.72 Å². The summed E-state index contributed by atoms with van der Waals surface area (Å²) >= 11 is 32.4. The molecule has 25 heteroatoms. The topological polar surface area (TPSA) is 238 Å². The van der Waals surface area contributed by atoms with Gasteiger partial charge in [-0.25, -0.2) is 12.8 Å². The van der Waals surface area contributed by atoms with Crippen molar-refractivity contribution < 1.29 is 44.9 Å². The van der Waals surface area contributed by atoms with Gasteiger partial charge >= 0.3 is 0 Å². The summed E-state index contributed by atoms with van der Waals surface area (Å²) in [4.78, 5) is 6.21. The van der Waals surface area contributed by atoms with Crippen molar-refractivity contribution in [1.29, 1.82) is 0 Å². The number of hydrogen-bond acceptors (Lipinski definition) is 15. The van der Waals surface area contributed by atoms with E-state index in [4.69, 9.17) is 90.1 Å². The molecule has 7 aromatic heterocycles. The van der Waals surface area contributed by atoms with Crippen molar-refractivity contribution in [2.75, 3.05) is 10.0 Å². The lowest BCUT2D eigenvalue weighted by Crippen LogP contribution is -2.14. The minimum Gasteiger partial charge on any atom is -0.489 e. The number of hydrogen-bond donors (Lipinski definition) is 4. The minimum atomic E-state index is -3.88. The van der Waals surface area contributed by atoms with Crippen molar-refractivity contribution >= 4 is 79.4 Å². The molecule has 0 saturated carbocycles. The average molecular weight is 1960 g/mol. The van der Waals surface area contributed by atoms with Gasteiger partial charge in [0.2, 0.25) is 0 Å². The Hall–Kier alpha value is -15.0. The molecule has 20 aromatic rings. The number of nitrogens with one attached hydrogen (secondary N) is 4. The third-order valence-corrected chi connectivity index (χ3v) is 26.1. The quantitative estimate of drug-likeness (QED) is 0.0466. The third-order valence-electron chi connectivity index (χ3n) is 23.2. The Labute approximate surface area is 830 Å². The predicted molar refractivity (Wildman–Crippen MR) is 556 cm³/mol. The molecule has 0 bridgehead atoms. The zero-order chi connectivity index (χ0) is 97.4. The molecule has 0 aliphatic heterocycles. The molecule has 0 saturated heterocycles. The number of benzene rings is 13. The van der Waals surface area contributed by atoms with Crippen LogP contribution in [0.1, 0.15) is 72.3 Å². The van der Waals surface area contributed by atoms with E-state index in [0.29, 0.717) is 101 Å². The first kappa shape index (κ1) is 97.1. The molecule has 13 aromatic carbocycles. The second-order valence-electron chi connectivity index (χ2n) is 33.3. The standard InChI is InChI=1S/C24H21ClN2O.C23H19ClN2O3S.C23H18ClNO.C22H18ClFN2O2.C22H19ClN2O2/c1-16-11-13-18(14-12-16)15-26-23-22(21-17(2)7-6-10-20(21)25)27-28-24(23)19-8-4-3-5-9-19;1-15-11-13-18(14-12-15)30(27,28)26-22-21(20-16(2)7-6-10-19(20)24)25-29-23(22)17-8-4-3-5-9-17;1-15-11-13-17(14-12-15)21-22(20-16(2)7-6-10-19(20)24)25-26-23(21)18-8-4-3-5-9-18;1-13-6-7-16(10-19(13)24)27-12-17-21(20-14(2)4-3-5-18(20)23)26-28-22(17)15-8-9-25-11-15;1-14-6-8-17(9-7-14)26-13-18-21(20-15(2)4-3-5-19(20)23)25-27-22(18)16-10-11-24-12-16/h3-14,26H,15H2,1-2H3;3-14,26H,1-2H3;3-14H,1-2H3;3-11,25H,12H2,1-2H3;3-12,24H,13H2,1-2H3. The molecule has 4 N–H and O–H groups in total. The Balaban J connectivity index is 0.000000126. The van der Waals surface area contributed by atoms with E-state index < -0.39 is 10.0 Å². The van der Waals surface area contributed by atoms with Gasteiger partial charge in [0, 0.05) is 93.0 Å². The minimum absolute atomic E-state index is 0.148. The molecular formula is C114H95Cl5FN9O9S. The molecule has 139 heavy (non-hydrogen) atoms. The van der Waals surface area contributed by atoms with Gasteiger partial charge in [-0.2, -0.15) is 0 Å². The fourth-order valence-electron chi connectivity index (χ4n) is 15.7. The van der Waals surface area contributed by atoms with Crippen LogP contribution in [0, 0.1) is 75.1 Å². The molecule has 7 heterocycles. The molecule has 0 atom stereocenters. The summed E-state index contributed by atoms with van der Waals surface area (Å²) < 4.78 is 83.3. The van der Waals surface area contributed by atoms with Crippen LogP contribution in [-0.4, -0.2) is 44.2 Å². The van der Waals surface area contributed by atoms with Gasteiger partial charge in [0.15, 0.2) is 28.8 Å². The summed E-state index contributed by atoms with van der Waals surface area (Å²) in [5, 5.41) is 28.2. The van der Waals surface area contributed by atoms with Crippen LogP contribution in [0.2, 0.25) is 25.1 Å². The van der Waals surface area contributed by atoms with Crippen molar-refractivity contribution in [3.8, 4) is 136 Å². The number of ether oxygens (including phenoxy) is 2. The van der Waals surface area contributed by atoms with E-state index in [9.17, 15) is 12.8 Å². The number of H-pyrrole nitrogens is 2. The monoisotopic (exact) mass is 1960 g/mol. The Morgan fingerprint density at radius 3 is 1.08 bits per heavy atom. The van der Waals surface area contributed by atoms with Crippen molar-refractivity contribution in [1.82, 2.24) is 35.8 Å². The van der Waals surface area contributed by atoms with Gasteiger partial charge in [0.1, 0.15) is 70.4 Å². The molecule has 20 rings (SSSR count). The van der Waals surface area contributed by atoms with E-state index in [2.05, 4.69) is 108 Å². The number of nitrogens with zero attached hydrogens (tertiary/aromatic N) is 5. The average Bonchev–Trinajstić information content (AvgIpc) is 1.69. The Bertz CT molecular complexity index is 7630. The second kappa shape index (κ2) is 44.4. The first-order valence-electron chi connectivity index (χ1n) is 44.5. The molecule has 0 aliphatic carbocycles. The van der Waals surface area contributed by atoms with Gasteiger partial charge in [-0.1, -0.05) is 337 Å². The first-order chi connectivity index (χ1) is 67.3. The van der Waals surface area contributed by atoms with Crippen LogP contribution in [0.5, 0.6) is 11.5 Å². The highest BCUT2D eigenvalue weighted by Crippen LogP contribution is 2.48. The van der Waals surface area contributed by atoms with Crippen LogP contribution in [0.3, 0.4) is 0 Å². The highest BCUT2D eigenvalue weighted by molar-refractivity contribution is 7.92. The van der Waals surface area contributed by atoms with Crippen molar-refractivity contribution in [2.24, 2.45) is 0 Å². The molecule has 0 fully saturated rings. The molecular weight excluding hydrogens is 1870 g/mol. The SMILES string of the molecule is Cc1ccc(-c2c(-c3c(C)cccc3Cl)noc2-c2ccccc2)cc1.Cc1ccc(CNc2c(-c3c(C)cccc3Cl)noc2-c2ccccc2)cc1.Cc1ccc(OCc2c(-c3c(C)cccc3Cl)noc2-c2cc[nH]c2)cc1.Cc1ccc(OCc2c(-c3c(C)cccc3Cl)noc2-c2cc[nH]c2)cc1F.Cc1ccc(S(=O)(=O)Nc2c(-c3c(C)cccc3Cl)noc2-c2ccccc2)cc1. The number of aryl methyl sites for hydroxylation is 10. The molecule has 0 spiro atoms. The maximum Gasteiger partial charge on any atom is 0.262 e. The fourth-order valence-corrected chi connectivity index (χ4v) is 18.4. The maximum absolute atomic E-state index is 13.9. The lowest BCUT2D eigenvalue weighted by molar-refractivity contribution is 0.304. The largest absolute Gasteiger partial charge is 0.489 e. The van der Waals surface area contributed by atoms with Crippen LogP contribution >= 0.6 is 58.0 Å². The van der Waals surface area contributed by atoms with Gasteiger partial charge < -0.3 is 47.4 Å². The first-order valence-corrected chi connectivity index (χ1v) is 47.9. The molecule has 0 amide bonds. The van der Waals surface area contributed by atoms with Crippen molar-refractivity contribution in [2.45, 2.75) is 93.9 Å². The summed E-state index contributed by atoms with van der Waals surface area (Å²) in [5.41, 5.74) is 27.8. The number of rotatable bonds is 23. The second-order valence-corrected chi connectivity index (χ2v) is 37.0.